The molecule has 0 saturated heterocycles. The standard InChI is InChI=1S/C14H21/c1-4-9-13(5-2)12(3)14-10-7-6-8-11-14/h6-8,10-13H,1,4-5,9H2,2-3H3. The molecular weight excluding hydrogens is 168 g/mol. The fraction of sp³-hybridized carbons (Fsp3) is 0.500. The summed E-state index contributed by atoms with van der Waals surface area (Å²) in [6, 6.07) is 10.8. The predicted octanol–water partition coefficient (Wildman–Crippen LogP) is 4.43. The summed E-state index contributed by atoms with van der Waals surface area (Å²) in [4.78, 5) is 0. The molecule has 0 aromatic heterocycles. The zero-order valence-electron chi connectivity index (χ0n) is 9.37. The van der Waals surface area contributed by atoms with Gasteiger partial charge in [0.2, 0.25) is 0 Å². The van der Waals surface area contributed by atoms with Gasteiger partial charge in [0.05, 0.1) is 0 Å². The maximum atomic E-state index is 3.95. The van der Waals surface area contributed by atoms with Gasteiger partial charge in [-0.3, -0.25) is 0 Å². The van der Waals surface area contributed by atoms with Gasteiger partial charge in [0.1, 0.15) is 0 Å². The fourth-order valence-electron chi connectivity index (χ4n) is 2.10. The summed E-state index contributed by atoms with van der Waals surface area (Å²) in [5.41, 5.74) is 1.47. The van der Waals surface area contributed by atoms with Crippen molar-refractivity contribution in [3.63, 3.8) is 0 Å². The quantitative estimate of drug-likeness (QED) is 0.642. The molecule has 0 amide bonds. The largest absolute Gasteiger partial charge is 0.0651 e. The summed E-state index contributed by atoms with van der Waals surface area (Å²) in [5, 5.41) is 0. The molecule has 0 aliphatic carbocycles. The summed E-state index contributed by atoms with van der Waals surface area (Å²) in [5.74, 6) is 1.46. The molecule has 1 aromatic carbocycles. The molecule has 0 N–H and O–H groups in total. The van der Waals surface area contributed by atoms with Crippen molar-refractivity contribution < 1.29 is 0 Å². The first kappa shape index (κ1) is 11.3. The number of benzene rings is 1. The van der Waals surface area contributed by atoms with E-state index in [1.54, 1.807) is 0 Å². The normalized spacial score (nSPS) is 15.1. The predicted molar refractivity (Wildman–Crippen MR) is 63.2 cm³/mol. The Morgan fingerprint density at radius 2 is 1.86 bits per heavy atom. The van der Waals surface area contributed by atoms with E-state index in [1.807, 2.05) is 0 Å². The summed E-state index contributed by atoms with van der Waals surface area (Å²) in [6.07, 6.45) is 3.55. The van der Waals surface area contributed by atoms with Gasteiger partial charge in [-0.2, -0.15) is 0 Å². The van der Waals surface area contributed by atoms with Crippen molar-refractivity contribution in [3.8, 4) is 0 Å². The Labute approximate surface area is 88.4 Å². The van der Waals surface area contributed by atoms with Crippen LogP contribution in [-0.4, -0.2) is 0 Å². The first-order chi connectivity index (χ1) is 6.79. The minimum atomic E-state index is 0.669. The molecular formula is C14H21. The molecule has 1 radical (unpaired) electrons. The van der Waals surface area contributed by atoms with E-state index < -0.39 is 0 Å². The lowest BCUT2D eigenvalue weighted by Crippen LogP contribution is -2.08. The van der Waals surface area contributed by atoms with Crippen LogP contribution in [0.4, 0.5) is 0 Å². The number of rotatable bonds is 5. The number of hydrogen-bond acceptors (Lipinski definition) is 0. The van der Waals surface area contributed by atoms with Crippen LogP contribution in [-0.2, 0) is 0 Å². The summed E-state index contributed by atoms with van der Waals surface area (Å²) in [7, 11) is 0. The second kappa shape index (κ2) is 5.85. The molecule has 0 nitrogen and oxygen atoms in total. The van der Waals surface area contributed by atoms with Gasteiger partial charge in [0, 0.05) is 0 Å². The Kier molecular flexibility index (Phi) is 4.72. The molecule has 2 unspecified atom stereocenters. The van der Waals surface area contributed by atoms with E-state index in [2.05, 4.69) is 51.1 Å². The van der Waals surface area contributed by atoms with Crippen molar-refractivity contribution in [3.05, 3.63) is 42.8 Å². The molecule has 1 rings (SSSR count). The van der Waals surface area contributed by atoms with Crippen molar-refractivity contribution in [2.24, 2.45) is 5.92 Å². The topological polar surface area (TPSA) is 0 Å². The van der Waals surface area contributed by atoms with Gasteiger partial charge in [-0.15, -0.1) is 0 Å². The van der Waals surface area contributed by atoms with Crippen LogP contribution in [0.15, 0.2) is 30.3 Å². The van der Waals surface area contributed by atoms with Crippen LogP contribution < -0.4 is 0 Å². The summed E-state index contributed by atoms with van der Waals surface area (Å²) < 4.78 is 0. The van der Waals surface area contributed by atoms with Crippen molar-refractivity contribution in [1.82, 2.24) is 0 Å². The molecule has 77 valence electrons. The maximum Gasteiger partial charge on any atom is -0.0162 e. The van der Waals surface area contributed by atoms with Crippen LogP contribution in [0.2, 0.25) is 0 Å². The second-order valence-electron chi connectivity index (χ2n) is 4.01. The van der Waals surface area contributed by atoms with E-state index in [1.165, 1.54) is 18.4 Å². The minimum Gasteiger partial charge on any atom is -0.0651 e. The molecule has 0 bridgehead atoms. The van der Waals surface area contributed by atoms with Crippen molar-refractivity contribution >= 4 is 0 Å². The third-order valence-corrected chi connectivity index (χ3v) is 3.13. The Balaban J connectivity index is 2.67. The smallest absolute Gasteiger partial charge is 0.0162 e. The van der Waals surface area contributed by atoms with E-state index in [-0.39, 0.29) is 0 Å². The highest BCUT2D eigenvalue weighted by molar-refractivity contribution is 5.19. The summed E-state index contributed by atoms with van der Waals surface area (Å²) in [6.45, 7) is 8.56. The lowest BCUT2D eigenvalue weighted by atomic mass is 9.83. The number of hydrogen-bond donors (Lipinski definition) is 0. The highest BCUT2D eigenvalue weighted by Gasteiger charge is 2.15. The lowest BCUT2D eigenvalue weighted by molar-refractivity contribution is 0.405. The average molecular weight is 189 g/mol. The molecule has 0 fully saturated rings. The van der Waals surface area contributed by atoms with Crippen molar-refractivity contribution in [2.75, 3.05) is 0 Å². The highest BCUT2D eigenvalue weighted by atomic mass is 14.2. The van der Waals surface area contributed by atoms with Crippen LogP contribution >= 0.6 is 0 Å². The fourth-order valence-corrected chi connectivity index (χ4v) is 2.10. The average Bonchev–Trinajstić information content (AvgIpc) is 2.26. The Morgan fingerprint density at radius 3 is 2.36 bits per heavy atom. The molecule has 1 aromatic rings. The molecule has 0 heterocycles. The van der Waals surface area contributed by atoms with Crippen LogP contribution in [0.5, 0.6) is 0 Å². The zero-order chi connectivity index (χ0) is 10.4. The van der Waals surface area contributed by atoms with Crippen LogP contribution in [0, 0.1) is 12.8 Å². The van der Waals surface area contributed by atoms with Crippen LogP contribution in [0.25, 0.3) is 0 Å². The van der Waals surface area contributed by atoms with Gasteiger partial charge in [-0.1, -0.05) is 63.9 Å². The van der Waals surface area contributed by atoms with Crippen LogP contribution in [0.3, 0.4) is 0 Å². The van der Waals surface area contributed by atoms with Gasteiger partial charge < -0.3 is 0 Å². The maximum absolute atomic E-state index is 3.95. The third kappa shape index (κ3) is 2.87. The Morgan fingerprint density at radius 1 is 1.21 bits per heavy atom. The molecule has 14 heavy (non-hydrogen) atoms. The molecule has 2 atom stereocenters. The van der Waals surface area contributed by atoms with Gasteiger partial charge in [-0.05, 0) is 23.8 Å². The molecule has 0 aliphatic heterocycles. The third-order valence-electron chi connectivity index (χ3n) is 3.13. The SMILES string of the molecule is [CH2]CCC(CC)C(C)c1ccccc1. The first-order valence-corrected chi connectivity index (χ1v) is 5.63. The minimum absolute atomic E-state index is 0.669. The van der Waals surface area contributed by atoms with Gasteiger partial charge in [-0.25, -0.2) is 0 Å². The lowest BCUT2D eigenvalue weighted by Gasteiger charge is -2.22. The van der Waals surface area contributed by atoms with E-state index in [9.17, 15) is 0 Å². The van der Waals surface area contributed by atoms with Crippen molar-refractivity contribution in [2.45, 2.75) is 39.0 Å². The Bertz CT molecular complexity index is 237. The van der Waals surface area contributed by atoms with Crippen LogP contribution in [0.1, 0.15) is 44.6 Å². The summed E-state index contributed by atoms with van der Waals surface area (Å²) >= 11 is 0. The van der Waals surface area contributed by atoms with E-state index in [4.69, 9.17) is 0 Å². The zero-order valence-corrected chi connectivity index (χ0v) is 9.37. The van der Waals surface area contributed by atoms with Crippen molar-refractivity contribution in [1.29, 1.82) is 0 Å². The van der Waals surface area contributed by atoms with E-state index >= 15 is 0 Å². The molecule has 0 spiro atoms. The van der Waals surface area contributed by atoms with Gasteiger partial charge in [0.15, 0.2) is 0 Å². The first-order valence-electron chi connectivity index (χ1n) is 5.63. The van der Waals surface area contributed by atoms with Gasteiger partial charge >= 0.3 is 0 Å². The Hall–Kier alpha value is -0.780. The second-order valence-corrected chi connectivity index (χ2v) is 4.01. The molecule has 0 saturated carbocycles. The molecule has 0 aliphatic rings. The monoisotopic (exact) mass is 189 g/mol. The molecule has 0 heteroatoms. The van der Waals surface area contributed by atoms with E-state index in [0.717, 1.165) is 12.3 Å². The highest BCUT2D eigenvalue weighted by Crippen LogP contribution is 2.29. The van der Waals surface area contributed by atoms with E-state index in [0.29, 0.717) is 5.92 Å². The van der Waals surface area contributed by atoms with Gasteiger partial charge in [0.25, 0.3) is 0 Å².